The summed E-state index contributed by atoms with van der Waals surface area (Å²) >= 11 is 0. The second-order valence-electron chi connectivity index (χ2n) is 4.73. The average molecular weight is 524 g/mol. The fourth-order valence-electron chi connectivity index (χ4n) is 1.98. The fourth-order valence-corrected chi connectivity index (χ4v) is 5.01. The molecule has 0 bridgehead atoms. The van der Waals surface area contributed by atoms with E-state index in [0.717, 1.165) is 36.5 Å². The van der Waals surface area contributed by atoms with Crippen LogP contribution in [0.15, 0.2) is 16.8 Å². The van der Waals surface area contributed by atoms with E-state index in [0.29, 0.717) is 19.8 Å². The molecule has 5 heteroatoms. The van der Waals surface area contributed by atoms with Crippen LogP contribution in [0.3, 0.4) is 0 Å². The van der Waals surface area contributed by atoms with Crippen LogP contribution in [-0.4, -0.2) is 28.6 Å². The number of hydrogen-bond acceptors (Lipinski definition) is 3. The molecular formula is C18H36O3PtSi. The minimum absolute atomic E-state index is 0. The molecule has 0 aromatic heterocycles. The van der Waals surface area contributed by atoms with Crippen LogP contribution >= 0.6 is 0 Å². The van der Waals surface area contributed by atoms with Gasteiger partial charge in [0.05, 0.1) is 0 Å². The third-order valence-corrected chi connectivity index (χ3v) is 5.89. The third-order valence-electron chi connectivity index (χ3n) is 2.90. The molecule has 3 nitrogen and oxygen atoms in total. The van der Waals surface area contributed by atoms with Crippen molar-refractivity contribution in [1.29, 1.82) is 0 Å². The van der Waals surface area contributed by atoms with E-state index in [1.54, 1.807) is 0 Å². The molecule has 0 aliphatic heterocycles. The van der Waals surface area contributed by atoms with Crippen molar-refractivity contribution in [2.24, 2.45) is 0 Å². The minimum Gasteiger partial charge on any atom is -0.382 e. The van der Waals surface area contributed by atoms with E-state index in [4.69, 9.17) is 13.3 Å². The molecule has 0 atom stereocenters. The van der Waals surface area contributed by atoms with Crippen LogP contribution < -0.4 is 0 Å². The Morgan fingerprint density at radius 2 is 1.30 bits per heavy atom. The summed E-state index contributed by atoms with van der Waals surface area (Å²) in [6.07, 6.45) is 9.24. The van der Waals surface area contributed by atoms with Gasteiger partial charge >= 0.3 is 29.9 Å². The van der Waals surface area contributed by atoms with E-state index in [1.165, 1.54) is 0 Å². The zero-order valence-electron chi connectivity index (χ0n) is 16.1. The normalized spacial score (nSPS) is 12.9. The molecule has 0 saturated heterocycles. The topological polar surface area (TPSA) is 27.7 Å². The van der Waals surface area contributed by atoms with E-state index in [9.17, 15) is 0 Å². The van der Waals surface area contributed by atoms with Crippen molar-refractivity contribution in [2.75, 3.05) is 19.8 Å². The Morgan fingerprint density at radius 3 is 1.57 bits per heavy atom. The quantitative estimate of drug-likeness (QED) is 0.292. The van der Waals surface area contributed by atoms with Crippen molar-refractivity contribution in [3.05, 3.63) is 45.2 Å². The summed E-state index contributed by atoms with van der Waals surface area (Å²) in [4.78, 5) is 0. The summed E-state index contributed by atoms with van der Waals surface area (Å²) in [5, 5.41) is 1.13. The molecule has 0 amide bonds. The maximum absolute atomic E-state index is 6.10. The summed E-state index contributed by atoms with van der Waals surface area (Å²) in [6.45, 7) is 10.4. The Balaban J connectivity index is -0.000000451. The molecule has 1 rings (SSSR count). The molecule has 1 aliphatic rings. The van der Waals surface area contributed by atoms with E-state index >= 15 is 0 Å². The van der Waals surface area contributed by atoms with Crippen molar-refractivity contribution >= 4 is 8.80 Å². The minimum atomic E-state index is -2.73. The first kappa shape index (κ1) is 31.1. The molecule has 0 aromatic rings. The zero-order valence-corrected chi connectivity index (χ0v) is 19.3. The van der Waals surface area contributed by atoms with Gasteiger partial charge in [-0.15, -0.1) is 11.6 Å². The second-order valence-corrected chi connectivity index (χ2v) is 7.24. The van der Waals surface area contributed by atoms with Crippen molar-refractivity contribution in [2.45, 2.75) is 53.4 Å². The van der Waals surface area contributed by atoms with Crippen LogP contribution in [0.1, 0.15) is 53.4 Å². The second kappa shape index (κ2) is 17.1. The van der Waals surface area contributed by atoms with Crippen LogP contribution in [-0.2, 0) is 34.3 Å². The number of rotatable bonds is 10. The molecule has 0 unspecified atom stereocenters. The first-order valence-corrected chi connectivity index (χ1v) is 9.12. The maximum atomic E-state index is 6.10. The Morgan fingerprint density at radius 1 is 0.913 bits per heavy atom. The van der Waals surface area contributed by atoms with Gasteiger partial charge in [-0.1, -0.05) is 27.7 Å². The van der Waals surface area contributed by atoms with Crippen molar-refractivity contribution in [3.63, 3.8) is 0 Å². The maximum Gasteiger partial charge on any atom is 4.00 e. The van der Waals surface area contributed by atoms with Crippen LogP contribution in [0, 0.1) is 28.4 Å². The molecule has 1 aliphatic carbocycles. The molecule has 140 valence electrons. The van der Waals surface area contributed by atoms with Gasteiger partial charge in [-0.2, -0.15) is 6.08 Å². The summed E-state index contributed by atoms with van der Waals surface area (Å²) in [5.74, 6) is 0. The fraction of sp³-hybridized carbons (Fsp3) is 0.611. The van der Waals surface area contributed by atoms with Crippen molar-refractivity contribution < 1.29 is 34.3 Å². The van der Waals surface area contributed by atoms with Crippen LogP contribution in [0.2, 0.25) is 0 Å². The molecule has 0 fully saturated rings. The molecule has 0 N–H and O–H groups in total. The van der Waals surface area contributed by atoms with Gasteiger partial charge in [0.25, 0.3) is 0 Å². The Hall–Kier alpha value is 0.265. The predicted octanol–water partition coefficient (Wildman–Crippen LogP) is 5.17. The van der Waals surface area contributed by atoms with Gasteiger partial charge in [-0.25, -0.2) is 5.57 Å². The Bertz CT molecular complexity index is 308. The van der Waals surface area contributed by atoms with Crippen LogP contribution in [0.4, 0.5) is 0 Å². The van der Waals surface area contributed by atoms with Crippen LogP contribution in [0.5, 0.6) is 0 Å². The summed E-state index contributed by atoms with van der Waals surface area (Å²) in [5.41, 5.74) is 1.13. The Labute approximate surface area is 161 Å². The molecule has 0 heterocycles. The monoisotopic (exact) mass is 523 g/mol. The Kier molecular flexibility index (Phi) is 23.1. The zero-order chi connectivity index (χ0) is 14.1. The van der Waals surface area contributed by atoms with Crippen LogP contribution in [0.25, 0.3) is 0 Å². The smallest absolute Gasteiger partial charge is 0.382 e. The predicted molar refractivity (Wildman–Crippen MR) is 98.9 cm³/mol. The van der Waals surface area contributed by atoms with Gasteiger partial charge in [-0.05, 0) is 19.3 Å². The van der Waals surface area contributed by atoms with Gasteiger partial charge in [-0.3, -0.25) is 6.08 Å². The van der Waals surface area contributed by atoms with Gasteiger partial charge in [0.15, 0.2) is 0 Å². The molecule has 0 aromatic carbocycles. The average Bonchev–Trinajstić information content (AvgIpc) is 2.85. The molecular weight excluding hydrogens is 487 g/mol. The van der Waals surface area contributed by atoms with E-state index in [-0.39, 0.29) is 43.3 Å². The number of hydrogen-bond donors (Lipinski definition) is 0. The largest absolute Gasteiger partial charge is 4.00 e. The molecule has 0 saturated carbocycles. The summed E-state index contributed by atoms with van der Waals surface area (Å²) < 4.78 is 18.3. The molecule has 23 heavy (non-hydrogen) atoms. The first-order chi connectivity index (χ1) is 9.20. The van der Waals surface area contributed by atoms with E-state index < -0.39 is 8.80 Å². The van der Waals surface area contributed by atoms with E-state index in [1.807, 2.05) is 0 Å². The van der Waals surface area contributed by atoms with Crippen molar-refractivity contribution in [1.82, 2.24) is 0 Å². The van der Waals surface area contributed by atoms with Crippen molar-refractivity contribution in [3.8, 4) is 0 Å². The van der Waals surface area contributed by atoms with Gasteiger partial charge in [0.1, 0.15) is 0 Å². The summed E-state index contributed by atoms with van der Waals surface area (Å²) in [6, 6.07) is 0. The van der Waals surface area contributed by atoms with Gasteiger partial charge in [0, 0.05) is 19.8 Å². The molecule has 0 spiro atoms. The van der Waals surface area contributed by atoms with Gasteiger partial charge in [0.2, 0.25) is 0 Å². The first-order valence-electron chi connectivity index (χ1n) is 7.40. The number of allylic oxidation sites excluding steroid dienone is 4. The summed E-state index contributed by atoms with van der Waals surface area (Å²) in [7, 11) is -2.73. The standard InChI is InChI=1S/C15H27O3Si.3CH3.Pt/c1-5-11-16-19(17-12-6-2,18-13-7-3)15-10-8-9-14(15)4;;;;/h10H,5-8,11-13H2,1-4H3;3*1H3;/q4*-1;+4. The SMILES string of the molecule is CCCO[Si](OCCC)(OCCC)C1=CC[C-]=C1C.[CH3-].[CH3-].[CH3-].[Pt+4]. The van der Waals surface area contributed by atoms with E-state index in [2.05, 4.69) is 39.8 Å². The molecule has 0 radical (unpaired) electrons. The third kappa shape index (κ3) is 9.35. The van der Waals surface area contributed by atoms with Gasteiger partial charge < -0.3 is 35.6 Å².